The van der Waals surface area contributed by atoms with Crippen LogP contribution in [0.3, 0.4) is 0 Å². The molecule has 9 heteroatoms. The second-order valence-corrected chi connectivity index (χ2v) is 7.03. The van der Waals surface area contributed by atoms with E-state index in [1.807, 2.05) is 24.3 Å². The molecule has 1 heterocycles. The van der Waals surface area contributed by atoms with Crippen LogP contribution in [0.2, 0.25) is 0 Å². The summed E-state index contributed by atoms with van der Waals surface area (Å²) in [6.45, 7) is 1.34. The summed E-state index contributed by atoms with van der Waals surface area (Å²) < 4.78 is 11.0. The molecule has 9 nitrogen and oxygen atoms in total. The Morgan fingerprint density at radius 1 is 1.10 bits per heavy atom. The number of carbonyl (C=O) groups excluding carboxylic acids is 2. The Morgan fingerprint density at radius 2 is 1.77 bits per heavy atom. The third-order valence-electron chi connectivity index (χ3n) is 5.26. The molecule has 0 unspecified atom stereocenters. The molecule has 1 aliphatic heterocycles. The van der Waals surface area contributed by atoms with Gasteiger partial charge < -0.3 is 20.1 Å². The van der Waals surface area contributed by atoms with Gasteiger partial charge >= 0.3 is 11.8 Å². The first kappa shape index (κ1) is 21.3. The molecule has 2 N–H and O–H groups in total. The molecule has 0 spiro atoms. The highest BCUT2D eigenvalue weighted by Crippen LogP contribution is 2.39. The highest BCUT2D eigenvalue weighted by molar-refractivity contribution is 6.39. The maximum absolute atomic E-state index is 12.4. The number of carbonyl (C=O) groups is 2. The lowest BCUT2D eigenvalue weighted by atomic mass is 9.73. The first-order chi connectivity index (χ1) is 14.4. The Morgan fingerprint density at radius 3 is 2.40 bits per heavy atom. The first-order valence-corrected chi connectivity index (χ1v) is 9.50. The predicted octanol–water partition coefficient (Wildman–Crippen LogP) is 2.41. The fraction of sp³-hybridized carbons (Fsp3) is 0.333. The van der Waals surface area contributed by atoms with Crippen molar-refractivity contribution < 1.29 is 24.0 Å². The lowest BCUT2D eigenvalue weighted by Gasteiger charge is -2.38. The van der Waals surface area contributed by atoms with Crippen molar-refractivity contribution in [2.75, 3.05) is 32.2 Å². The summed E-state index contributed by atoms with van der Waals surface area (Å²) in [5.74, 6) is -0.899. The summed E-state index contributed by atoms with van der Waals surface area (Å²) in [5, 5.41) is 15.9. The van der Waals surface area contributed by atoms with Crippen LogP contribution in [0.15, 0.2) is 48.5 Å². The van der Waals surface area contributed by atoms with Crippen molar-refractivity contribution in [3.63, 3.8) is 0 Å². The summed E-state index contributed by atoms with van der Waals surface area (Å²) in [5.41, 5.74) is 0.752. The Labute approximate surface area is 173 Å². The minimum Gasteiger partial charge on any atom is -0.496 e. The number of ether oxygens (including phenoxy) is 2. The van der Waals surface area contributed by atoms with E-state index in [1.165, 1.54) is 24.3 Å². The van der Waals surface area contributed by atoms with E-state index in [0.29, 0.717) is 31.7 Å². The van der Waals surface area contributed by atoms with Gasteiger partial charge in [-0.3, -0.25) is 19.7 Å². The van der Waals surface area contributed by atoms with Gasteiger partial charge in [0.1, 0.15) is 5.75 Å². The zero-order chi connectivity index (χ0) is 21.6. The molecule has 1 aliphatic rings. The summed E-state index contributed by atoms with van der Waals surface area (Å²) in [6, 6.07) is 12.9. The summed E-state index contributed by atoms with van der Waals surface area (Å²) in [7, 11) is 1.60. The number of nitrogens with zero attached hydrogens (tertiary/aromatic N) is 1. The van der Waals surface area contributed by atoms with Gasteiger partial charge in [-0.05, 0) is 31.0 Å². The average molecular weight is 413 g/mol. The van der Waals surface area contributed by atoms with Crippen LogP contribution in [-0.2, 0) is 19.7 Å². The quantitative estimate of drug-likeness (QED) is 0.426. The van der Waals surface area contributed by atoms with E-state index in [2.05, 4.69) is 10.6 Å². The molecule has 1 fully saturated rings. The molecule has 2 amide bonds. The van der Waals surface area contributed by atoms with E-state index in [-0.39, 0.29) is 12.2 Å². The lowest BCUT2D eigenvalue weighted by molar-refractivity contribution is -0.384. The van der Waals surface area contributed by atoms with E-state index in [9.17, 15) is 19.7 Å². The summed E-state index contributed by atoms with van der Waals surface area (Å²) in [4.78, 5) is 34.8. The molecular weight excluding hydrogens is 390 g/mol. The fourth-order valence-corrected chi connectivity index (χ4v) is 3.57. The predicted molar refractivity (Wildman–Crippen MR) is 109 cm³/mol. The van der Waals surface area contributed by atoms with Crippen molar-refractivity contribution >= 4 is 23.2 Å². The Kier molecular flexibility index (Phi) is 6.63. The third kappa shape index (κ3) is 4.74. The molecule has 0 radical (unpaired) electrons. The highest BCUT2D eigenvalue weighted by Gasteiger charge is 2.37. The second kappa shape index (κ2) is 9.36. The first-order valence-electron chi connectivity index (χ1n) is 9.50. The topological polar surface area (TPSA) is 120 Å². The molecule has 0 atom stereocenters. The Balaban J connectivity index is 1.68. The zero-order valence-corrected chi connectivity index (χ0v) is 16.6. The number of nitro benzene ring substituents is 1. The Bertz CT molecular complexity index is 923. The average Bonchev–Trinajstić information content (AvgIpc) is 2.78. The standard InChI is InChI=1S/C21H23N3O6/c1-29-18-5-3-2-4-17(18)21(10-12-30-13-11-21)14-22-19(25)20(26)23-15-6-8-16(9-7-15)24(27)28/h2-9H,10-14H2,1H3,(H,22,25)(H,23,26). The number of hydrogen-bond acceptors (Lipinski definition) is 6. The monoisotopic (exact) mass is 413 g/mol. The number of anilines is 1. The molecule has 2 aromatic carbocycles. The van der Waals surface area contributed by atoms with Crippen LogP contribution in [0.5, 0.6) is 5.75 Å². The van der Waals surface area contributed by atoms with Gasteiger partial charge in [0.25, 0.3) is 5.69 Å². The number of methoxy groups -OCH3 is 1. The SMILES string of the molecule is COc1ccccc1C1(CNC(=O)C(=O)Nc2ccc([N+](=O)[O-])cc2)CCOCC1. The van der Waals surface area contributed by atoms with E-state index in [1.54, 1.807) is 7.11 Å². The smallest absolute Gasteiger partial charge is 0.313 e. The van der Waals surface area contributed by atoms with Gasteiger partial charge in [0, 0.05) is 48.6 Å². The fourth-order valence-electron chi connectivity index (χ4n) is 3.57. The van der Waals surface area contributed by atoms with Gasteiger partial charge in [-0.15, -0.1) is 0 Å². The van der Waals surface area contributed by atoms with Gasteiger partial charge in [0.15, 0.2) is 0 Å². The van der Waals surface area contributed by atoms with Crippen LogP contribution in [0.25, 0.3) is 0 Å². The molecule has 1 saturated heterocycles. The van der Waals surface area contributed by atoms with Crippen molar-refractivity contribution in [1.82, 2.24) is 5.32 Å². The van der Waals surface area contributed by atoms with Crippen molar-refractivity contribution in [3.05, 3.63) is 64.2 Å². The number of nitrogens with one attached hydrogen (secondary N) is 2. The molecule has 0 saturated carbocycles. The number of para-hydroxylation sites is 1. The van der Waals surface area contributed by atoms with Crippen molar-refractivity contribution in [3.8, 4) is 5.75 Å². The third-order valence-corrected chi connectivity index (χ3v) is 5.26. The van der Waals surface area contributed by atoms with Crippen molar-refractivity contribution in [2.24, 2.45) is 0 Å². The van der Waals surface area contributed by atoms with E-state index < -0.39 is 22.2 Å². The minimum atomic E-state index is -0.842. The van der Waals surface area contributed by atoms with Gasteiger partial charge in [-0.2, -0.15) is 0 Å². The van der Waals surface area contributed by atoms with E-state index in [4.69, 9.17) is 9.47 Å². The van der Waals surface area contributed by atoms with Crippen LogP contribution in [0.1, 0.15) is 18.4 Å². The van der Waals surface area contributed by atoms with Crippen LogP contribution in [0, 0.1) is 10.1 Å². The summed E-state index contributed by atoms with van der Waals surface area (Å²) >= 11 is 0. The molecule has 158 valence electrons. The van der Waals surface area contributed by atoms with Gasteiger partial charge in [0.2, 0.25) is 0 Å². The molecule has 3 rings (SSSR count). The lowest BCUT2D eigenvalue weighted by Crippen LogP contribution is -2.47. The largest absolute Gasteiger partial charge is 0.496 e. The van der Waals surface area contributed by atoms with E-state index >= 15 is 0 Å². The number of nitro groups is 1. The normalized spacial score (nSPS) is 15.1. The Hall–Kier alpha value is -3.46. The highest BCUT2D eigenvalue weighted by atomic mass is 16.6. The second-order valence-electron chi connectivity index (χ2n) is 7.03. The molecule has 0 aromatic heterocycles. The van der Waals surface area contributed by atoms with Crippen LogP contribution in [-0.4, -0.2) is 43.6 Å². The van der Waals surface area contributed by atoms with Crippen molar-refractivity contribution in [2.45, 2.75) is 18.3 Å². The van der Waals surface area contributed by atoms with Crippen LogP contribution < -0.4 is 15.4 Å². The minimum absolute atomic E-state index is 0.101. The molecule has 0 bridgehead atoms. The van der Waals surface area contributed by atoms with Crippen LogP contribution >= 0.6 is 0 Å². The number of amides is 2. The molecule has 0 aliphatic carbocycles. The maximum Gasteiger partial charge on any atom is 0.313 e. The van der Waals surface area contributed by atoms with Crippen LogP contribution in [0.4, 0.5) is 11.4 Å². The number of non-ortho nitro benzene ring substituents is 1. The number of benzene rings is 2. The van der Waals surface area contributed by atoms with Gasteiger partial charge in [-0.25, -0.2) is 0 Å². The molecular formula is C21H23N3O6. The number of rotatable bonds is 6. The van der Waals surface area contributed by atoms with E-state index in [0.717, 1.165) is 11.3 Å². The maximum atomic E-state index is 12.4. The molecule has 30 heavy (non-hydrogen) atoms. The zero-order valence-electron chi connectivity index (χ0n) is 16.6. The summed E-state index contributed by atoms with van der Waals surface area (Å²) in [6.07, 6.45) is 1.36. The molecule has 2 aromatic rings. The van der Waals surface area contributed by atoms with Gasteiger partial charge in [0.05, 0.1) is 12.0 Å². The van der Waals surface area contributed by atoms with Crippen molar-refractivity contribution in [1.29, 1.82) is 0 Å². The van der Waals surface area contributed by atoms with Gasteiger partial charge in [-0.1, -0.05) is 18.2 Å². The number of hydrogen-bond donors (Lipinski definition) is 2.